The van der Waals surface area contributed by atoms with Crippen LogP contribution in [-0.2, 0) is 13.1 Å². The largest absolute Gasteiger partial charge is 0.465 e. The summed E-state index contributed by atoms with van der Waals surface area (Å²) < 4.78 is 5.89. The molecule has 2 aliphatic rings. The fourth-order valence-electron chi connectivity index (χ4n) is 3.28. The van der Waals surface area contributed by atoms with Crippen molar-refractivity contribution in [2.45, 2.75) is 77.0 Å². The van der Waals surface area contributed by atoms with Crippen molar-refractivity contribution in [2.75, 3.05) is 7.05 Å². The van der Waals surface area contributed by atoms with Gasteiger partial charge in [0, 0.05) is 24.2 Å². The van der Waals surface area contributed by atoms with Crippen LogP contribution in [0.5, 0.6) is 0 Å². The Balaban J connectivity index is 1.55. The van der Waals surface area contributed by atoms with Crippen LogP contribution in [0.15, 0.2) is 10.5 Å². The Bertz CT molecular complexity index is 430. The zero-order chi connectivity index (χ0) is 13.9. The Labute approximate surface area is 122 Å². The second kappa shape index (κ2) is 6.31. The van der Waals surface area contributed by atoms with Gasteiger partial charge in [0.2, 0.25) is 0 Å². The van der Waals surface area contributed by atoms with E-state index in [0.29, 0.717) is 0 Å². The molecule has 112 valence electrons. The van der Waals surface area contributed by atoms with Gasteiger partial charge in [0.05, 0.1) is 6.54 Å². The molecule has 3 heteroatoms. The Morgan fingerprint density at radius 2 is 1.95 bits per heavy atom. The minimum Gasteiger partial charge on any atom is -0.465 e. The lowest BCUT2D eigenvalue weighted by Crippen LogP contribution is -2.32. The highest BCUT2D eigenvalue weighted by molar-refractivity contribution is 5.21. The highest BCUT2D eigenvalue weighted by Gasteiger charge is 2.22. The van der Waals surface area contributed by atoms with Crippen LogP contribution < -0.4 is 5.32 Å². The molecule has 1 heterocycles. The molecule has 1 aromatic heterocycles. The van der Waals surface area contributed by atoms with E-state index < -0.39 is 0 Å². The van der Waals surface area contributed by atoms with E-state index >= 15 is 0 Å². The Morgan fingerprint density at radius 1 is 1.20 bits per heavy atom. The lowest BCUT2D eigenvalue weighted by molar-refractivity contribution is 0.184. The molecule has 0 radical (unpaired) electrons. The van der Waals surface area contributed by atoms with Crippen LogP contribution in [0.25, 0.3) is 0 Å². The maximum absolute atomic E-state index is 5.89. The highest BCUT2D eigenvalue weighted by Crippen LogP contribution is 2.25. The summed E-state index contributed by atoms with van der Waals surface area (Å²) in [6.07, 6.45) is 9.61. The van der Waals surface area contributed by atoms with Crippen molar-refractivity contribution >= 4 is 0 Å². The minimum atomic E-state index is 0.744. The molecule has 2 fully saturated rings. The Morgan fingerprint density at radius 3 is 2.65 bits per heavy atom. The summed E-state index contributed by atoms with van der Waals surface area (Å²) in [6, 6.07) is 3.77. The maximum atomic E-state index is 5.89. The molecular weight excluding hydrogens is 248 g/mol. The van der Waals surface area contributed by atoms with Gasteiger partial charge < -0.3 is 9.73 Å². The van der Waals surface area contributed by atoms with E-state index in [2.05, 4.69) is 30.3 Å². The molecule has 0 amide bonds. The van der Waals surface area contributed by atoms with Crippen molar-refractivity contribution in [3.63, 3.8) is 0 Å². The first-order valence-corrected chi connectivity index (χ1v) is 8.24. The van der Waals surface area contributed by atoms with E-state index in [1.165, 1.54) is 50.5 Å². The van der Waals surface area contributed by atoms with E-state index in [1.807, 2.05) is 0 Å². The normalized spacial score (nSPS) is 20.8. The number of nitrogens with zero attached hydrogens (tertiary/aromatic N) is 1. The molecule has 20 heavy (non-hydrogen) atoms. The van der Waals surface area contributed by atoms with Crippen LogP contribution in [0.1, 0.15) is 62.0 Å². The molecule has 2 aliphatic carbocycles. The second-order valence-corrected chi connectivity index (χ2v) is 6.66. The van der Waals surface area contributed by atoms with E-state index in [1.54, 1.807) is 0 Å². The number of hydrogen-bond acceptors (Lipinski definition) is 3. The number of nitrogens with one attached hydrogen (secondary N) is 1. The van der Waals surface area contributed by atoms with E-state index in [0.717, 1.165) is 36.7 Å². The van der Waals surface area contributed by atoms with Gasteiger partial charge in [-0.15, -0.1) is 0 Å². The standard InChI is InChI=1S/C17H28N2O/c1-13-14(10-17(20-13)11-18-15-8-9-15)12-19(2)16-6-4-3-5-7-16/h10,15-16,18H,3-9,11-12H2,1-2H3. The van der Waals surface area contributed by atoms with Crippen LogP contribution in [0.2, 0.25) is 0 Å². The number of rotatable bonds is 6. The van der Waals surface area contributed by atoms with Crippen LogP contribution >= 0.6 is 0 Å². The van der Waals surface area contributed by atoms with Gasteiger partial charge >= 0.3 is 0 Å². The fourth-order valence-corrected chi connectivity index (χ4v) is 3.28. The maximum Gasteiger partial charge on any atom is 0.118 e. The first-order valence-electron chi connectivity index (χ1n) is 8.24. The van der Waals surface area contributed by atoms with Gasteiger partial charge in [0.25, 0.3) is 0 Å². The van der Waals surface area contributed by atoms with Crippen LogP contribution in [0, 0.1) is 6.92 Å². The summed E-state index contributed by atoms with van der Waals surface area (Å²) in [7, 11) is 2.27. The van der Waals surface area contributed by atoms with Gasteiger partial charge in [-0.05, 0) is 45.7 Å². The summed E-state index contributed by atoms with van der Waals surface area (Å²) in [5, 5.41) is 3.52. The quantitative estimate of drug-likeness (QED) is 0.860. The predicted octanol–water partition coefficient (Wildman–Crippen LogP) is 3.60. The van der Waals surface area contributed by atoms with Crippen LogP contribution in [0.3, 0.4) is 0 Å². The molecule has 1 N–H and O–H groups in total. The average molecular weight is 276 g/mol. The van der Waals surface area contributed by atoms with Gasteiger partial charge in [0.1, 0.15) is 11.5 Å². The molecule has 0 aromatic carbocycles. The SMILES string of the molecule is Cc1oc(CNC2CC2)cc1CN(C)C1CCCCC1. The Kier molecular flexibility index (Phi) is 4.47. The van der Waals surface area contributed by atoms with Gasteiger partial charge in [-0.3, -0.25) is 4.90 Å². The van der Waals surface area contributed by atoms with Gasteiger partial charge in [-0.1, -0.05) is 19.3 Å². The van der Waals surface area contributed by atoms with E-state index in [4.69, 9.17) is 4.42 Å². The third-order valence-electron chi connectivity index (χ3n) is 4.83. The van der Waals surface area contributed by atoms with Gasteiger partial charge in [-0.2, -0.15) is 0 Å². The lowest BCUT2D eigenvalue weighted by atomic mass is 9.94. The molecule has 0 saturated heterocycles. The monoisotopic (exact) mass is 276 g/mol. The lowest BCUT2D eigenvalue weighted by Gasteiger charge is -2.31. The molecule has 0 spiro atoms. The number of furan rings is 1. The van der Waals surface area contributed by atoms with Crippen molar-refractivity contribution in [1.29, 1.82) is 0 Å². The third-order valence-corrected chi connectivity index (χ3v) is 4.83. The van der Waals surface area contributed by atoms with Crippen LogP contribution in [-0.4, -0.2) is 24.0 Å². The van der Waals surface area contributed by atoms with Gasteiger partial charge in [-0.25, -0.2) is 0 Å². The van der Waals surface area contributed by atoms with Gasteiger partial charge in [0.15, 0.2) is 0 Å². The van der Waals surface area contributed by atoms with Crippen molar-refractivity contribution in [2.24, 2.45) is 0 Å². The first kappa shape index (κ1) is 14.2. The molecule has 0 atom stereocenters. The smallest absolute Gasteiger partial charge is 0.118 e. The van der Waals surface area contributed by atoms with E-state index in [9.17, 15) is 0 Å². The zero-order valence-corrected chi connectivity index (χ0v) is 13.0. The molecular formula is C17H28N2O. The molecule has 1 aromatic rings. The molecule has 0 bridgehead atoms. The average Bonchev–Trinajstić information content (AvgIpc) is 3.23. The summed E-state index contributed by atoms with van der Waals surface area (Å²) in [6.45, 7) is 4.02. The topological polar surface area (TPSA) is 28.4 Å². The second-order valence-electron chi connectivity index (χ2n) is 6.66. The summed E-state index contributed by atoms with van der Waals surface area (Å²) >= 11 is 0. The van der Waals surface area contributed by atoms with Crippen molar-refractivity contribution < 1.29 is 4.42 Å². The number of aryl methyl sites for hydroxylation is 1. The minimum absolute atomic E-state index is 0.744. The molecule has 0 aliphatic heterocycles. The Hall–Kier alpha value is -0.800. The van der Waals surface area contributed by atoms with E-state index in [-0.39, 0.29) is 0 Å². The fraction of sp³-hybridized carbons (Fsp3) is 0.765. The molecule has 0 unspecified atom stereocenters. The van der Waals surface area contributed by atoms with Crippen LogP contribution in [0.4, 0.5) is 0 Å². The summed E-state index contributed by atoms with van der Waals surface area (Å²) in [5.74, 6) is 2.20. The molecule has 2 saturated carbocycles. The van der Waals surface area contributed by atoms with Crippen molar-refractivity contribution in [3.8, 4) is 0 Å². The summed E-state index contributed by atoms with van der Waals surface area (Å²) in [4.78, 5) is 2.52. The van der Waals surface area contributed by atoms with Crippen molar-refractivity contribution in [3.05, 3.63) is 23.2 Å². The number of hydrogen-bond donors (Lipinski definition) is 1. The molecule has 3 nitrogen and oxygen atoms in total. The third kappa shape index (κ3) is 3.64. The first-order chi connectivity index (χ1) is 9.72. The van der Waals surface area contributed by atoms with Crippen molar-refractivity contribution in [1.82, 2.24) is 10.2 Å². The summed E-state index contributed by atoms with van der Waals surface area (Å²) in [5.41, 5.74) is 1.37. The highest BCUT2D eigenvalue weighted by atomic mass is 16.3. The molecule has 3 rings (SSSR count). The zero-order valence-electron chi connectivity index (χ0n) is 13.0. The predicted molar refractivity (Wildman–Crippen MR) is 81.6 cm³/mol.